The summed E-state index contributed by atoms with van der Waals surface area (Å²) in [7, 11) is -3.07. The average molecular weight is 464 g/mol. The fourth-order valence-electron chi connectivity index (χ4n) is 4.12. The van der Waals surface area contributed by atoms with E-state index < -0.39 is 9.84 Å². The lowest BCUT2D eigenvalue weighted by atomic mass is 10.2. The Kier molecular flexibility index (Phi) is 6.07. The Labute approximate surface area is 184 Å². The number of hydrogen-bond donors (Lipinski definition) is 0. The van der Waals surface area contributed by atoms with E-state index in [1.165, 1.54) is 11.8 Å². The Bertz CT molecular complexity index is 1300. The number of nitrogens with zero attached hydrogens (tertiary/aromatic N) is 5. The number of carbonyl (C=O) groups is 1. The van der Waals surface area contributed by atoms with Gasteiger partial charge in [-0.25, -0.2) is 8.42 Å². The van der Waals surface area contributed by atoms with Gasteiger partial charge in [0.15, 0.2) is 15.0 Å². The SMILES string of the molecule is CCCn1c(=O)c2ccccc2n2c(SCC(=O)N(CC)C3CCS(=O)(=O)C3)nnc12. The molecule has 0 radical (unpaired) electrons. The van der Waals surface area contributed by atoms with Gasteiger partial charge >= 0.3 is 0 Å². The number of amides is 1. The molecular weight excluding hydrogens is 438 g/mol. The molecule has 31 heavy (non-hydrogen) atoms. The molecule has 9 nitrogen and oxygen atoms in total. The smallest absolute Gasteiger partial charge is 0.262 e. The maximum Gasteiger partial charge on any atom is 0.262 e. The molecule has 2 aromatic heterocycles. The van der Waals surface area contributed by atoms with Crippen molar-refractivity contribution in [2.75, 3.05) is 23.8 Å². The zero-order chi connectivity index (χ0) is 22.2. The van der Waals surface area contributed by atoms with Gasteiger partial charge in [0, 0.05) is 19.1 Å². The largest absolute Gasteiger partial charge is 0.338 e. The number of hydrogen-bond acceptors (Lipinski definition) is 7. The lowest BCUT2D eigenvalue weighted by Crippen LogP contribution is -2.42. The van der Waals surface area contributed by atoms with Gasteiger partial charge in [0.2, 0.25) is 11.7 Å². The van der Waals surface area contributed by atoms with E-state index in [2.05, 4.69) is 10.2 Å². The lowest BCUT2D eigenvalue weighted by Gasteiger charge is -2.26. The Morgan fingerprint density at radius 3 is 2.71 bits per heavy atom. The molecule has 1 aliphatic rings. The van der Waals surface area contributed by atoms with Gasteiger partial charge in [0.1, 0.15) is 0 Å². The van der Waals surface area contributed by atoms with E-state index in [9.17, 15) is 18.0 Å². The molecule has 1 saturated heterocycles. The third-order valence-electron chi connectivity index (χ3n) is 5.56. The van der Waals surface area contributed by atoms with Gasteiger partial charge in [-0.05, 0) is 31.9 Å². The minimum Gasteiger partial charge on any atom is -0.338 e. The van der Waals surface area contributed by atoms with Crippen LogP contribution in [0.4, 0.5) is 0 Å². The highest BCUT2D eigenvalue weighted by molar-refractivity contribution is 7.99. The molecule has 166 valence electrons. The van der Waals surface area contributed by atoms with E-state index in [4.69, 9.17) is 0 Å². The number of fused-ring (bicyclic) bond motifs is 3. The van der Waals surface area contributed by atoms with Crippen molar-refractivity contribution in [3.05, 3.63) is 34.6 Å². The first-order valence-electron chi connectivity index (χ1n) is 10.4. The summed E-state index contributed by atoms with van der Waals surface area (Å²) in [5.74, 6) is 0.600. The molecule has 1 fully saturated rings. The average Bonchev–Trinajstić information content (AvgIpc) is 3.33. The van der Waals surface area contributed by atoms with Gasteiger partial charge in [-0.15, -0.1) is 10.2 Å². The summed E-state index contributed by atoms with van der Waals surface area (Å²) in [5, 5.41) is 9.59. The highest BCUT2D eigenvalue weighted by Crippen LogP contribution is 2.24. The number of benzene rings is 1. The van der Waals surface area contributed by atoms with Gasteiger partial charge < -0.3 is 4.90 Å². The van der Waals surface area contributed by atoms with Gasteiger partial charge in [0.05, 0.1) is 28.2 Å². The van der Waals surface area contributed by atoms with Gasteiger partial charge in [-0.1, -0.05) is 30.8 Å². The summed E-state index contributed by atoms with van der Waals surface area (Å²) >= 11 is 1.25. The molecule has 3 heterocycles. The van der Waals surface area contributed by atoms with Crippen molar-refractivity contribution in [2.24, 2.45) is 0 Å². The maximum absolute atomic E-state index is 12.9. The zero-order valence-corrected chi connectivity index (χ0v) is 19.2. The Balaban J connectivity index is 1.65. The topological polar surface area (TPSA) is 107 Å². The van der Waals surface area contributed by atoms with Crippen LogP contribution in [0.1, 0.15) is 26.7 Å². The predicted molar refractivity (Wildman–Crippen MR) is 120 cm³/mol. The number of thioether (sulfide) groups is 1. The number of aromatic nitrogens is 4. The Hall–Kier alpha value is -2.40. The molecule has 0 aliphatic carbocycles. The van der Waals surface area contributed by atoms with Crippen LogP contribution in [0.25, 0.3) is 16.7 Å². The van der Waals surface area contributed by atoms with E-state index in [1.54, 1.807) is 15.5 Å². The van der Waals surface area contributed by atoms with Crippen molar-refractivity contribution in [1.29, 1.82) is 0 Å². The van der Waals surface area contributed by atoms with Crippen LogP contribution in [0.15, 0.2) is 34.2 Å². The maximum atomic E-state index is 12.9. The van der Waals surface area contributed by atoms with Crippen LogP contribution in [0.2, 0.25) is 0 Å². The van der Waals surface area contributed by atoms with Crippen LogP contribution < -0.4 is 5.56 Å². The first-order chi connectivity index (χ1) is 14.9. The highest BCUT2D eigenvalue weighted by atomic mass is 32.2. The van der Waals surface area contributed by atoms with E-state index in [1.807, 2.05) is 36.4 Å². The summed E-state index contributed by atoms with van der Waals surface area (Å²) in [5.41, 5.74) is 0.591. The molecule has 11 heteroatoms. The molecule has 0 bridgehead atoms. The molecule has 0 spiro atoms. The van der Waals surface area contributed by atoms with E-state index in [-0.39, 0.29) is 34.8 Å². The van der Waals surface area contributed by atoms with Crippen molar-refractivity contribution in [3.8, 4) is 0 Å². The molecule has 1 unspecified atom stereocenters. The summed E-state index contributed by atoms with van der Waals surface area (Å²) in [4.78, 5) is 27.4. The molecule has 4 rings (SSSR count). The molecule has 0 N–H and O–H groups in total. The third kappa shape index (κ3) is 4.08. The van der Waals surface area contributed by atoms with E-state index in [0.29, 0.717) is 41.3 Å². The van der Waals surface area contributed by atoms with Crippen LogP contribution in [-0.2, 0) is 21.2 Å². The van der Waals surface area contributed by atoms with Crippen LogP contribution in [0, 0.1) is 0 Å². The molecule has 1 amide bonds. The minimum absolute atomic E-state index is 0.0268. The molecule has 1 aromatic carbocycles. The van der Waals surface area contributed by atoms with Crippen molar-refractivity contribution in [2.45, 2.75) is 44.4 Å². The summed E-state index contributed by atoms with van der Waals surface area (Å²) < 4.78 is 27.1. The quantitative estimate of drug-likeness (QED) is 0.490. The summed E-state index contributed by atoms with van der Waals surface area (Å²) in [6.45, 7) is 4.83. The molecular formula is C20H25N5O4S2. The van der Waals surface area contributed by atoms with Crippen molar-refractivity contribution >= 4 is 44.2 Å². The molecule has 1 atom stereocenters. The normalized spacial score (nSPS) is 18.1. The number of para-hydroxylation sites is 1. The molecule has 0 saturated carbocycles. The second-order valence-corrected chi connectivity index (χ2v) is 10.8. The van der Waals surface area contributed by atoms with Crippen LogP contribution in [-0.4, -0.2) is 68.2 Å². The monoisotopic (exact) mass is 463 g/mol. The minimum atomic E-state index is -3.07. The number of rotatable bonds is 7. The summed E-state index contributed by atoms with van der Waals surface area (Å²) in [6.07, 6.45) is 1.26. The number of aryl methyl sites for hydroxylation is 1. The van der Waals surface area contributed by atoms with Crippen molar-refractivity contribution < 1.29 is 13.2 Å². The highest BCUT2D eigenvalue weighted by Gasteiger charge is 2.34. The molecule has 3 aromatic rings. The first-order valence-corrected chi connectivity index (χ1v) is 13.2. The van der Waals surface area contributed by atoms with E-state index >= 15 is 0 Å². The fraction of sp³-hybridized carbons (Fsp3) is 0.500. The van der Waals surface area contributed by atoms with Gasteiger partial charge in [-0.2, -0.15) is 0 Å². The predicted octanol–water partition coefficient (Wildman–Crippen LogP) is 1.58. The summed E-state index contributed by atoms with van der Waals surface area (Å²) in [6, 6.07) is 7.03. The Morgan fingerprint density at radius 1 is 1.26 bits per heavy atom. The van der Waals surface area contributed by atoms with Crippen LogP contribution in [0.5, 0.6) is 0 Å². The fourth-order valence-corrected chi connectivity index (χ4v) is 6.68. The molecule has 1 aliphatic heterocycles. The zero-order valence-electron chi connectivity index (χ0n) is 17.5. The lowest BCUT2D eigenvalue weighted by molar-refractivity contribution is -0.129. The number of sulfone groups is 1. The van der Waals surface area contributed by atoms with Crippen LogP contribution >= 0.6 is 11.8 Å². The van der Waals surface area contributed by atoms with Gasteiger partial charge in [-0.3, -0.25) is 18.6 Å². The van der Waals surface area contributed by atoms with Crippen molar-refractivity contribution in [3.63, 3.8) is 0 Å². The Morgan fingerprint density at radius 2 is 2.03 bits per heavy atom. The van der Waals surface area contributed by atoms with Gasteiger partial charge in [0.25, 0.3) is 5.56 Å². The van der Waals surface area contributed by atoms with E-state index in [0.717, 1.165) is 6.42 Å². The van der Waals surface area contributed by atoms with Crippen molar-refractivity contribution in [1.82, 2.24) is 24.1 Å². The van der Waals surface area contributed by atoms with Crippen LogP contribution in [0.3, 0.4) is 0 Å². The standard InChI is InChI=1S/C20H25N5O4S2/c1-3-10-24-18(27)15-7-5-6-8-16(15)25-19(24)21-22-20(25)30-12-17(26)23(4-2)14-9-11-31(28,29)13-14/h5-8,14H,3-4,9-13H2,1-2H3. The third-order valence-corrected chi connectivity index (χ3v) is 8.22. The second-order valence-electron chi connectivity index (χ2n) is 7.62. The first kappa shape index (κ1) is 21.8. The second kappa shape index (κ2) is 8.62. The number of carbonyl (C=O) groups excluding carboxylic acids is 1.